The number of hydrogen-bond acceptors (Lipinski definition) is 3. The van der Waals surface area contributed by atoms with E-state index in [9.17, 15) is 0 Å². The molecule has 1 saturated carbocycles. The van der Waals surface area contributed by atoms with Gasteiger partial charge in [-0.15, -0.1) is 0 Å². The van der Waals surface area contributed by atoms with Crippen LogP contribution in [0, 0.1) is 0 Å². The molecule has 2 aliphatic rings. The second-order valence-electron chi connectivity index (χ2n) is 6.38. The van der Waals surface area contributed by atoms with E-state index < -0.39 is 0 Å². The molecular formula is C17H23N3S. The minimum atomic E-state index is 0.633. The van der Waals surface area contributed by atoms with E-state index in [2.05, 4.69) is 27.4 Å². The van der Waals surface area contributed by atoms with Gasteiger partial charge in [-0.3, -0.25) is 0 Å². The van der Waals surface area contributed by atoms with Crippen molar-refractivity contribution in [1.82, 2.24) is 14.5 Å². The highest BCUT2D eigenvalue weighted by Crippen LogP contribution is 2.35. The van der Waals surface area contributed by atoms with Gasteiger partial charge < -0.3 is 4.57 Å². The summed E-state index contributed by atoms with van der Waals surface area (Å²) in [5, 5.41) is 0.760. The fraction of sp³-hybridized carbons (Fsp3) is 0.647. The minimum Gasteiger partial charge on any atom is -0.310 e. The Kier molecular flexibility index (Phi) is 3.89. The summed E-state index contributed by atoms with van der Waals surface area (Å²) in [6, 6.07) is 4.76. The number of aromatic nitrogens is 3. The van der Waals surface area contributed by atoms with Crippen molar-refractivity contribution in [1.29, 1.82) is 0 Å². The fourth-order valence-electron chi connectivity index (χ4n) is 3.84. The third-order valence-electron chi connectivity index (χ3n) is 4.90. The van der Waals surface area contributed by atoms with E-state index in [0.29, 0.717) is 6.04 Å². The molecule has 0 N–H and O–H groups in total. The fourth-order valence-corrected chi connectivity index (χ4v) is 5.14. The molecule has 1 saturated heterocycles. The first-order valence-electron chi connectivity index (χ1n) is 8.35. The van der Waals surface area contributed by atoms with Gasteiger partial charge in [0.25, 0.3) is 0 Å². The Balaban J connectivity index is 1.70. The lowest BCUT2D eigenvalue weighted by Gasteiger charge is -2.22. The molecule has 1 aliphatic carbocycles. The lowest BCUT2D eigenvalue weighted by molar-refractivity contribution is 0.500. The summed E-state index contributed by atoms with van der Waals surface area (Å²) in [7, 11) is 0. The van der Waals surface area contributed by atoms with Gasteiger partial charge in [-0.2, -0.15) is 11.8 Å². The highest BCUT2D eigenvalue weighted by Gasteiger charge is 2.25. The molecule has 0 aromatic carbocycles. The highest BCUT2D eigenvalue weighted by molar-refractivity contribution is 7.99. The summed E-state index contributed by atoms with van der Waals surface area (Å²) < 4.78 is 2.48. The van der Waals surface area contributed by atoms with Crippen LogP contribution in [0.3, 0.4) is 0 Å². The highest BCUT2D eigenvalue weighted by atomic mass is 32.2. The Bertz CT molecular complexity index is 610. The smallest absolute Gasteiger partial charge is 0.160 e. The van der Waals surface area contributed by atoms with Crippen molar-refractivity contribution in [2.45, 2.75) is 62.7 Å². The van der Waals surface area contributed by atoms with Crippen molar-refractivity contribution in [3.05, 3.63) is 24.2 Å². The average Bonchev–Trinajstić information content (AvgIpc) is 3.14. The van der Waals surface area contributed by atoms with Gasteiger partial charge in [-0.25, -0.2) is 9.97 Å². The lowest BCUT2D eigenvalue weighted by atomic mass is 10.1. The maximum Gasteiger partial charge on any atom is 0.160 e. The van der Waals surface area contributed by atoms with Gasteiger partial charge in [-0.05, 0) is 43.6 Å². The Morgan fingerprint density at radius 1 is 1.14 bits per heavy atom. The molecule has 0 bridgehead atoms. The van der Waals surface area contributed by atoms with Crippen LogP contribution in [-0.4, -0.2) is 25.5 Å². The maximum absolute atomic E-state index is 4.94. The molecule has 2 aromatic heterocycles. The Morgan fingerprint density at radius 2 is 2.00 bits per heavy atom. The van der Waals surface area contributed by atoms with Gasteiger partial charge >= 0.3 is 0 Å². The standard InChI is InChI=1S/C17H23N3S/c1-2-7-13(6-1)20-16(12-14-8-3-4-11-21-14)19-15-9-5-10-18-17(15)20/h5,9-10,13-14H,1-4,6-8,11-12H2. The zero-order valence-corrected chi connectivity index (χ0v) is 13.3. The molecule has 3 nitrogen and oxygen atoms in total. The van der Waals surface area contributed by atoms with Crippen molar-refractivity contribution in [2.24, 2.45) is 0 Å². The van der Waals surface area contributed by atoms with Crippen LogP contribution in [0.1, 0.15) is 56.8 Å². The quantitative estimate of drug-likeness (QED) is 0.843. The maximum atomic E-state index is 4.94. The minimum absolute atomic E-state index is 0.633. The van der Waals surface area contributed by atoms with Gasteiger partial charge in [-0.1, -0.05) is 19.3 Å². The van der Waals surface area contributed by atoms with Crippen LogP contribution >= 0.6 is 11.8 Å². The molecule has 4 rings (SSSR count). The van der Waals surface area contributed by atoms with E-state index in [0.717, 1.165) is 22.8 Å². The Morgan fingerprint density at radius 3 is 2.81 bits per heavy atom. The van der Waals surface area contributed by atoms with Gasteiger partial charge in [0, 0.05) is 23.9 Å². The molecule has 21 heavy (non-hydrogen) atoms. The molecule has 1 atom stereocenters. The third kappa shape index (κ3) is 2.70. The Labute approximate surface area is 130 Å². The molecule has 2 aromatic rings. The molecule has 112 valence electrons. The van der Waals surface area contributed by atoms with Crippen molar-refractivity contribution in [3.63, 3.8) is 0 Å². The van der Waals surface area contributed by atoms with E-state index in [-0.39, 0.29) is 0 Å². The summed E-state index contributed by atoms with van der Waals surface area (Å²) >= 11 is 2.15. The van der Waals surface area contributed by atoms with Gasteiger partial charge in [0.15, 0.2) is 5.65 Å². The third-order valence-corrected chi connectivity index (χ3v) is 6.29. The van der Waals surface area contributed by atoms with E-state index in [4.69, 9.17) is 4.98 Å². The van der Waals surface area contributed by atoms with Crippen LogP contribution < -0.4 is 0 Å². The van der Waals surface area contributed by atoms with E-state index >= 15 is 0 Å². The number of nitrogens with zero attached hydrogens (tertiary/aromatic N) is 3. The first-order chi connectivity index (χ1) is 10.4. The number of imidazole rings is 1. The molecule has 0 radical (unpaired) electrons. The largest absolute Gasteiger partial charge is 0.310 e. The zero-order valence-electron chi connectivity index (χ0n) is 12.5. The molecule has 4 heteroatoms. The summed E-state index contributed by atoms with van der Waals surface area (Å²) in [6.45, 7) is 0. The van der Waals surface area contributed by atoms with Crippen LogP contribution in [0.4, 0.5) is 0 Å². The predicted octanol–water partition coefficient (Wildman–Crippen LogP) is 4.37. The van der Waals surface area contributed by atoms with Crippen LogP contribution in [-0.2, 0) is 6.42 Å². The molecule has 0 spiro atoms. The molecule has 3 heterocycles. The Hall–Kier alpha value is -1.03. The lowest BCUT2D eigenvalue weighted by Crippen LogP contribution is -2.17. The second kappa shape index (κ2) is 5.99. The van der Waals surface area contributed by atoms with Crippen LogP contribution in [0.25, 0.3) is 11.2 Å². The normalized spacial score (nSPS) is 23.9. The molecule has 1 unspecified atom stereocenters. The second-order valence-corrected chi connectivity index (χ2v) is 7.78. The van der Waals surface area contributed by atoms with Crippen molar-refractivity contribution in [3.8, 4) is 0 Å². The summed E-state index contributed by atoms with van der Waals surface area (Å²) in [5.41, 5.74) is 2.19. The van der Waals surface area contributed by atoms with E-state index in [1.54, 1.807) is 0 Å². The number of hydrogen-bond donors (Lipinski definition) is 0. The first-order valence-corrected chi connectivity index (χ1v) is 9.40. The molecule has 2 fully saturated rings. The van der Waals surface area contributed by atoms with Crippen LogP contribution in [0.2, 0.25) is 0 Å². The average molecular weight is 301 g/mol. The summed E-state index contributed by atoms with van der Waals surface area (Å²) in [6.07, 6.45) is 12.5. The van der Waals surface area contributed by atoms with Gasteiger partial charge in [0.05, 0.1) is 0 Å². The summed E-state index contributed by atoms with van der Waals surface area (Å²) in [4.78, 5) is 9.57. The molecule has 0 amide bonds. The molecular weight excluding hydrogens is 278 g/mol. The summed E-state index contributed by atoms with van der Waals surface area (Å²) in [5.74, 6) is 2.61. The number of pyridine rings is 1. The van der Waals surface area contributed by atoms with Crippen LogP contribution in [0.5, 0.6) is 0 Å². The molecule has 1 aliphatic heterocycles. The van der Waals surface area contributed by atoms with Crippen molar-refractivity contribution < 1.29 is 0 Å². The van der Waals surface area contributed by atoms with Crippen molar-refractivity contribution in [2.75, 3.05) is 5.75 Å². The zero-order chi connectivity index (χ0) is 14.1. The van der Waals surface area contributed by atoms with E-state index in [1.807, 2.05) is 12.3 Å². The van der Waals surface area contributed by atoms with E-state index in [1.165, 1.54) is 56.5 Å². The number of rotatable bonds is 3. The first kappa shape index (κ1) is 13.6. The van der Waals surface area contributed by atoms with Crippen molar-refractivity contribution >= 4 is 22.9 Å². The van der Waals surface area contributed by atoms with Gasteiger partial charge in [0.2, 0.25) is 0 Å². The topological polar surface area (TPSA) is 30.7 Å². The van der Waals surface area contributed by atoms with Gasteiger partial charge in [0.1, 0.15) is 11.3 Å². The SMILES string of the molecule is c1cnc2c(c1)nc(CC1CCCCS1)n2C1CCCC1. The van der Waals surface area contributed by atoms with Crippen LogP contribution in [0.15, 0.2) is 18.3 Å². The monoisotopic (exact) mass is 301 g/mol. The number of thioether (sulfide) groups is 1. The predicted molar refractivity (Wildman–Crippen MR) is 88.8 cm³/mol. The number of fused-ring (bicyclic) bond motifs is 1.